The summed E-state index contributed by atoms with van der Waals surface area (Å²) in [5, 5.41) is 0. The van der Waals surface area contributed by atoms with Crippen LogP contribution in [0.25, 0.3) is 11.3 Å². The Balaban J connectivity index is 2.22. The molecule has 0 aliphatic heterocycles. The summed E-state index contributed by atoms with van der Waals surface area (Å²) in [6, 6.07) is 7.07. The highest BCUT2D eigenvalue weighted by molar-refractivity contribution is 5.86. The average molecular weight is 359 g/mol. The van der Waals surface area contributed by atoms with Crippen molar-refractivity contribution in [3.8, 4) is 11.3 Å². The van der Waals surface area contributed by atoms with Crippen LogP contribution in [-0.4, -0.2) is 17.4 Å². The molecule has 1 amide bonds. The first-order valence-electron chi connectivity index (χ1n) is 8.72. The van der Waals surface area contributed by atoms with Crippen molar-refractivity contribution in [3.05, 3.63) is 53.2 Å². The first-order valence-corrected chi connectivity index (χ1v) is 8.72. The lowest BCUT2D eigenvalue weighted by atomic mass is 9.81. The van der Waals surface area contributed by atoms with Crippen LogP contribution in [0.2, 0.25) is 0 Å². The van der Waals surface area contributed by atoms with E-state index in [4.69, 9.17) is 11.5 Å². The van der Waals surface area contributed by atoms with E-state index in [-0.39, 0.29) is 17.2 Å². The van der Waals surface area contributed by atoms with Crippen LogP contribution in [0.1, 0.15) is 43.9 Å². The highest BCUT2D eigenvalue weighted by atomic mass is 19.1. The van der Waals surface area contributed by atoms with Crippen LogP contribution in [0.5, 0.6) is 0 Å². The maximum Gasteiger partial charge on any atom is 0.227 e. The molecule has 26 heavy (non-hydrogen) atoms. The minimum atomic E-state index is -1.21. The standard InChI is InChI=1S/C20H23F2N3O/c1-20(2,19(24)26)15-9-16(14(10-23)11-3-4-11)25-18(17(15)22)12-5-7-13(21)8-6-12/h5-9,11,14H,3-4,10,23H2,1-2H3,(H2,24,26). The third-order valence-corrected chi connectivity index (χ3v) is 5.21. The quantitative estimate of drug-likeness (QED) is 0.831. The highest BCUT2D eigenvalue weighted by Gasteiger charge is 2.37. The molecule has 0 radical (unpaired) electrons. The van der Waals surface area contributed by atoms with Gasteiger partial charge in [0.2, 0.25) is 5.91 Å². The zero-order valence-corrected chi connectivity index (χ0v) is 14.9. The highest BCUT2D eigenvalue weighted by Crippen LogP contribution is 2.43. The summed E-state index contributed by atoms with van der Waals surface area (Å²) in [5.41, 5.74) is 11.6. The Labute approximate surface area is 151 Å². The summed E-state index contributed by atoms with van der Waals surface area (Å²) in [4.78, 5) is 16.4. The minimum Gasteiger partial charge on any atom is -0.369 e. The van der Waals surface area contributed by atoms with Gasteiger partial charge in [-0.2, -0.15) is 0 Å². The number of carbonyl (C=O) groups excluding carboxylic acids is 1. The Morgan fingerprint density at radius 2 is 1.88 bits per heavy atom. The van der Waals surface area contributed by atoms with Gasteiger partial charge in [0, 0.05) is 29.3 Å². The van der Waals surface area contributed by atoms with E-state index in [1.54, 1.807) is 19.9 Å². The fourth-order valence-electron chi connectivity index (χ4n) is 3.18. The minimum absolute atomic E-state index is 0.00257. The van der Waals surface area contributed by atoms with Gasteiger partial charge in [0.1, 0.15) is 11.5 Å². The summed E-state index contributed by atoms with van der Waals surface area (Å²) < 4.78 is 28.5. The number of pyridine rings is 1. The lowest BCUT2D eigenvalue weighted by Gasteiger charge is -2.25. The van der Waals surface area contributed by atoms with E-state index >= 15 is 4.39 Å². The van der Waals surface area contributed by atoms with Crippen molar-refractivity contribution >= 4 is 5.91 Å². The molecule has 1 aliphatic rings. The second kappa shape index (κ2) is 6.76. The molecule has 1 saturated carbocycles. The normalized spacial score (nSPS) is 15.7. The van der Waals surface area contributed by atoms with Crippen molar-refractivity contribution in [2.45, 2.75) is 38.0 Å². The predicted octanol–water partition coefficient (Wildman–Crippen LogP) is 3.24. The molecule has 1 unspecified atom stereocenters. The van der Waals surface area contributed by atoms with E-state index in [0.717, 1.165) is 12.8 Å². The second-order valence-corrected chi connectivity index (χ2v) is 7.43. The number of nitrogens with two attached hydrogens (primary N) is 2. The molecular formula is C20H23F2N3O. The molecule has 1 aliphatic carbocycles. The number of aromatic nitrogens is 1. The number of hydrogen-bond acceptors (Lipinski definition) is 3. The van der Waals surface area contributed by atoms with Crippen molar-refractivity contribution in [2.24, 2.45) is 17.4 Å². The fourth-order valence-corrected chi connectivity index (χ4v) is 3.18. The smallest absolute Gasteiger partial charge is 0.227 e. The van der Waals surface area contributed by atoms with Crippen molar-refractivity contribution < 1.29 is 13.6 Å². The molecule has 138 valence electrons. The topological polar surface area (TPSA) is 82.0 Å². The Hall–Kier alpha value is -2.34. The van der Waals surface area contributed by atoms with Crippen LogP contribution in [-0.2, 0) is 10.2 Å². The predicted molar refractivity (Wildman–Crippen MR) is 96.3 cm³/mol. The number of halogens is 2. The van der Waals surface area contributed by atoms with Crippen molar-refractivity contribution in [3.63, 3.8) is 0 Å². The number of primary amides is 1. The summed E-state index contributed by atoms with van der Waals surface area (Å²) in [6.07, 6.45) is 2.11. The molecule has 0 saturated heterocycles. The molecular weight excluding hydrogens is 336 g/mol. The third-order valence-electron chi connectivity index (χ3n) is 5.21. The van der Waals surface area contributed by atoms with Crippen LogP contribution in [0, 0.1) is 17.6 Å². The molecule has 1 aromatic heterocycles. The molecule has 1 heterocycles. The van der Waals surface area contributed by atoms with E-state index < -0.39 is 23.0 Å². The van der Waals surface area contributed by atoms with Crippen molar-refractivity contribution in [1.29, 1.82) is 0 Å². The van der Waals surface area contributed by atoms with E-state index in [1.807, 2.05) is 0 Å². The molecule has 4 nitrogen and oxygen atoms in total. The second-order valence-electron chi connectivity index (χ2n) is 7.43. The van der Waals surface area contributed by atoms with Gasteiger partial charge in [-0.15, -0.1) is 0 Å². The van der Waals surface area contributed by atoms with Crippen LogP contribution in [0.15, 0.2) is 30.3 Å². The monoisotopic (exact) mass is 359 g/mol. The number of hydrogen-bond donors (Lipinski definition) is 2. The van der Waals surface area contributed by atoms with Crippen molar-refractivity contribution in [1.82, 2.24) is 4.98 Å². The van der Waals surface area contributed by atoms with Gasteiger partial charge in [0.05, 0.1) is 5.41 Å². The Bertz CT molecular complexity index is 830. The number of nitrogens with zero attached hydrogens (tertiary/aromatic N) is 1. The largest absolute Gasteiger partial charge is 0.369 e. The van der Waals surface area contributed by atoms with E-state index in [9.17, 15) is 9.18 Å². The summed E-state index contributed by atoms with van der Waals surface area (Å²) in [5.74, 6) is -1.24. The van der Waals surface area contributed by atoms with Gasteiger partial charge in [-0.05, 0) is 62.9 Å². The Kier molecular flexibility index (Phi) is 4.80. The Morgan fingerprint density at radius 3 is 2.38 bits per heavy atom. The molecule has 0 spiro atoms. The number of carbonyl (C=O) groups is 1. The summed E-state index contributed by atoms with van der Waals surface area (Å²) >= 11 is 0. The molecule has 3 rings (SSSR count). The summed E-state index contributed by atoms with van der Waals surface area (Å²) in [7, 11) is 0. The number of benzene rings is 1. The van der Waals surface area contributed by atoms with Crippen LogP contribution >= 0.6 is 0 Å². The van der Waals surface area contributed by atoms with Crippen molar-refractivity contribution in [2.75, 3.05) is 6.54 Å². The fraction of sp³-hybridized carbons (Fsp3) is 0.400. The SMILES string of the molecule is CC(C)(C(N)=O)c1cc(C(CN)C2CC2)nc(-c2ccc(F)cc2)c1F. The lowest BCUT2D eigenvalue weighted by Crippen LogP contribution is -2.37. The number of amides is 1. The van der Waals surface area contributed by atoms with Gasteiger partial charge in [-0.25, -0.2) is 13.8 Å². The van der Waals surface area contributed by atoms with Gasteiger partial charge in [-0.3, -0.25) is 4.79 Å². The first kappa shape index (κ1) is 18.5. The zero-order chi connectivity index (χ0) is 19.1. The van der Waals surface area contributed by atoms with E-state index in [1.165, 1.54) is 24.3 Å². The van der Waals surface area contributed by atoms with Gasteiger partial charge >= 0.3 is 0 Å². The van der Waals surface area contributed by atoms with Crippen LogP contribution in [0.4, 0.5) is 8.78 Å². The molecule has 0 bridgehead atoms. The molecule has 1 fully saturated rings. The van der Waals surface area contributed by atoms with Gasteiger partial charge in [0.15, 0.2) is 5.82 Å². The maximum absolute atomic E-state index is 15.3. The molecule has 6 heteroatoms. The third kappa shape index (κ3) is 3.33. The molecule has 1 atom stereocenters. The van der Waals surface area contributed by atoms with Gasteiger partial charge in [0.25, 0.3) is 0 Å². The van der Waals surface area contributed by atoms with E-state index in [0.29, 0.717) is 23.7 Å². The van der Waals surface area contributed by atoms with Gasteiger partial charge < -0.3 is 11.5 Å². The first-order chi connectivity index (χ1) is 12.3. The van der Waals surface area contributed by atoms with Crippen LogP contribution < -0.4 is 11.5 Å². The van der Waals surface area contributed by atoms with Gasteiger partial charge in [-0.1, -0.05) is 0 Å². The number of rotatable bonds is 6. The van der Waals surface area contributed by atoms with E-state index in [2.05, 4.69) is 4.98 Å². The Morgan fingerprint density at radius 1 is 1.27 bits per heavy atom. The van der Waals surface area contributed by atoms with Crippen LogP contribution in [0.3, 0.4) is 0 Å². The molecule has 2 aromatic rings. The lowest BCUT2D eigenvalue weighted by molar-refractivity contribution is -0.122. The molecule has 4 N–H and O–H groups in total. The summed E-state index contributed by atoms with van der Waals surface area (Å²) in [6.45, 7) is 3.56. The zero-order valence-electron chi connectivity index (χ0n) is 14.9. The molecule has 1 aromatic carbocycles. The average Bonchev–Trinajstić information content (AvgIpc) is 3.42. The maximum atomic E-state index is 15.3.